The molecular formula is C22H16N2O5S. The summed E-state index contributed by atoms with van der Waals surface area (Å²) in [5.41, 5.74) is 1.74. The van der Waals surface area contributed by atoms with Crippen molar-refractivity contribution in [3.8, 4) is 0 Å². The van der Waals surface area contributed by atoms with Crippen LogP contribution in [-0.4, -0.2) is 15.6 Å². The van der Waals surface area contributed by atoms with Crippen LogP contribution in [-0.2, 0) is 0 Å². The molecule has 0 aliphatic heterocycles. The number of allylic oxidation sites excluding steroid dienone is 1. The first-order valence-corrected chi connectivity index (χ1v) is 9.65. The number of aryl methyl sites for hydroxylation is 1. The molecule has 0 spiro atoms. The number of benzene rings is 3. The van der Waals surface area contributed by atoms with Crippen molar-refractivity contribution in [1.29, 1.82) is 0 Å². The topological polar surface area (TPSA) is 103 Å². The fourth-order valence-electron chi connectivity index (χ4n) is 2.62. The first-order valence-electron chi connectivity index (χ1n) is 8.83. The maximum Gasteiger partial charge on any atom is 0.283 e. The van der Waals surface area contributed by atoms with E-state index >= 15 is 0 Å². The van der Waals surface area contributed by atoms with Crippen LogP contribution < -0.4 is 0 Å². The Morgan fingerprint density at radius 3 is 2.17 bits per heavy atom. The summed E-state index contributed by atoms with van der Waals surface area (Å²) in [4.78, 5) is 34.9. The van der Waals surface area contributed by atoms with E-state index in [0.29, 0.717) is 10.5 Å². The summed E-state index contributed by atoms with van der Waals surface area (Å²) in [6.45, 7) is 1.97. The second kappa shape index (κ2) is 9.15. The van der Waals surface area contributed by atoms with Gasteiger partial charge in [0.15, 0.2) is 5.78 Å². The van der Waals surface area contributed by atoms with Gasteiger partial charge in [-0.15, -0.1) is 0 Å². The number of carbonyl (C=O) groups is 1. The molecule has 0 aliphatic rings. The van der Waals surface area contributed by atoms with E-state index in [2.05, 4.69) is 0 Å². The van der Waals surface area contributed by atoms with E-state index in [1.165, 1.54) is 54.2 Å². The molecule has 0 N–H and O–H groups in total. The zero-order chi connectivity index (χ0) is 21.7. The van der Waals surface area contributed by atoms with Gasteiger partial charge in [0.25, 0.3) is 11.4 Å². The van der Waals surface area contributed by atoms with Crippen molar-refractivity contribution in [2.45, 2.75) is 16.7 Å². The lowest BCUT2D eigenvalue weighted by Gasteiger charge is -2.05. The van der Waals surface area contributed by atoms with Gasteiger partial charge in [0.1, 0.15) is 0 Å². The summed E-state index contributed by atoms with van der Waals surface area (Å²) < 4.78 is 0. The molecule has 7 nitrogen and oxygen atoms in total. The number of nitrogens with zero attached hydrogens (tertiary/aromatic N) is 2. The van der Waals surface area contributed by atoms with Crippen LogP contribution in [0.5, 0.6) is 0 Å². The van der Waals surface area contributed by atoms with Crippen molar-refractivity contribution in [3.05, 3.63) is 110 Å². The molecule has 0 amide bonds. The van der Waals surface area contributed by atoms with Crippen LogP contribution in [0.25, 0.3) is 6.08 Å². The van der Waals surface area contributed by atoms with Gasteiger partial charge >= 0.3 is 0 Å². The van der Waals surface area contributed by atoms with E-state index < -0.39 is 9.85 Å². The van der Waals surface area contributed by atoms with E-state index in [4.69, 9.17) is 0 Å². The Hall–Kier alpha value is -3.78. The molecule has 0 bridgehead atoms. The molecule has 3 rings (SSSR count). The van der Waals surface area contributed by atoms with Crippen molar-refractivity contribution >= 4 is 35.0 Å². The summed E-state index contributed by atoms with van der Waals surface area (Å²) in [6.07, 6.45) is 2.77. The van der Waals surface area contributed by atoms with Gasteiger partial charge in [-0.3, -0.25) is 25.0 Å². The second-order valence-corrected chi connectivity index (χ2v) is 7.52. The molecule has 0 atom stereocenters. The van der Waals surface area contributed by atoms with Crippen molar-refractivity contribution in [2.24, 2.45) is 0 Å². The zero-order valence-electron chi connectivity index (χ0n) is 15.8. The molecular weight excluding hydrogens is 404 g/mol. The largest absolute Gasteiger partial charge is 0.289 e. The average molecular weight is 420 g/mol. The average Bonchev–Trinajstić information content (AvgIpc) is 2.74. The monoisotopic (exact) mass is 420 g/mol. The number of hydrogen-bond acceptors (Lipinski definition) is 6. The summed E-state index contributed by atoms with van der Waals surface area (Å²) in [5.74, 6) is -0.356. The third-order valence-electron chi connectivity index (χ3n) is 4.22. The highest BCUT2D eigenvalue weighted by atomic mass is 32.2. The van der Waals surface area contributed by atoms with Crippen LogP contribution in [0.15, 0.2) is 82.6 Å². The van der Waals surface area contributed by atoms with E-state index in [1.54, 1.807) is 12.1 Å². The molecule has 0 aromatic heterocycles. The Kier molecular flexibility index (Phi) is 6.38. The Bertz CT molecular complexity index is 1140. The number of nitro groups is 2. The molecule has 8 heteroatoms. The van der Waals surface area contributed by atoms with Gasteiger partial charge in [-0.25, -0.2) is 0 Å². The molecule has 3 aromatic carbocycles. The molecule has 150 valence electrons. The number of nitro benzene ring substituents is 2. The first kappa shape index (κ1) is 20.9. The SMILES string of the molecule is Cc1ccc(Sc2ccc(/C=C/C(=O)c3ccc([N+](=O)[O-])cc3)cc2[N+](=O)[O-])cc1. The molecule has 0 saturated heterocycles. The normalized spacial score (nSPS) is 10.8. The van der Waals surface area contributed by atoms with Crippen LogP contribution in [0, 0.1) is 27.2 Å². The number of carbonyl (C=O) groups excluding carboxylic acids is 1. The number of hydrogen-bond donors (Lipinski definition) is 0. The van der Waals surface area contributed by atoms with Gasteiger partial charge in [-0.05, 0) is 48.9 Å². The van der Waals surface area contributed by atoms with Crippen LogP contribution in [0.2, 0.25) is 0 Å². The lowest BCUT2D eigenvalue weighted by molar-refractivity contribution is -0.387. The molecule has 0 radical (unpaired) electrons. The Labute approximate surface area is 176 Å². The van der Waals surface area contributed by atoms with E-state index in [9.17, 15) is 25.0 Å². The van der Waals surface area contributed by atoms with E-state index in [1.807, 2.05) is 31.2 Å². The lowest BCUT2D eigenvalue weighted by Crippen LogP contribution is -1.95. The molecule has 0 fully saturated rings. The van der Waals surface area contributed by atoms with Crippen LogP contribution in [0.3, 0.4) is 0 Å². The van der Waals surface area contributed by atoms with Crippen molar-refractivity contribution < 1.29 is 14.6 Å². The first-order chi connectivity index (χ1) is 14.3. The highest BCUT2D eigenvalue weighted by Gasteiger charge is 2.15. The van der Waals surface area contributed by atoms with E-state index in [0.717, 1.165) is 10.5 Å². The highest BCUT2D eigenvalue weighted by Crippen LogP contribution is 2.35. The predicted octanol–water partition coefficient (Wildman–Crippen LogP) is 5.86. The fourth-order valence-corrected chi connectivity index (χ4v) is 3.52. The van der Waals surface area contributed by atoms with Crippen LogP contribution >= 0.6 is 11.8 Å². The highest BCUT2D eigenvalue weighted by molar-refractivity contribution is 7.99. The number of rotatable bonds is 7. The van der Waals surface area contributed by atoms with Gasteiger partial charge in [0, 0.05) is 28.7 Å². The lowest BCUT2D eigenvalue weighted by atomic mass is 10.1. The summed E-state index contributed by atoms with van der Waals surface area (Å²) in [6, 6.07) is 17.7. The smallest absolute Gasteiger partial charge is 0.283 e. The van der Waals surface area contributed by atoms with Crippen molar-refractivity contribution in [1.82, 2.24) is 0 Å². The zero-order valence-corrected chi connectivity index (χ0v) is 16.7. The number of non-ortho nitro benzene ring substituents is 1. The van der Waals surface area contributed by atoms with Gasteiger partial charge in [-0.1, -0.05) is 41.6 Å². The minimum Gasteiger partial charge on any atom is -0.289 e. The minimum absolute atomic E-state index is 0.0505. The van der Waals surface area contributed by atoms with Gasteiger partial charge in [0.05, 0.1) is 14.7 Å². The van der Waals surface area contributed by atoms with Gasteiger partial charge in [0.2, 0.25) is 0 Å². The summed E-state index contributed by atoms with van der Waals surface area (Å²) in [5, 5.41) is 22.2. The summed E-state index contributed by atoms with van der Waals surface area (Å²) in [7, 11) is 0. The third-order valence-corrected chi connectivity index (χ3v) is 5.29. The van der Waals surface area contributed by atoms with Crippen LogP contribution in [0.1, 0.15) is 21.5 Å². The second-order valence-electron chi connectivity index (χ2n) is 6.40. The summed E-state index contributed by atoms with van der Waals surface area (Å²) >= 11 is 1.30. The fraction of sp³-hybridized carbons (Fsp3) is 0.0455. The Morgan fingerprint density at radius 2 is 1.57 bits per heavy atom. The molecule has 3 aromatic rings. The maximum absolute atomic E-state index is 12.3. The van der Waals surface area contributed by atoms with Gasteiger partial charge in [-0.2, -0.15) is 0 Å². The molecule has 0 aliphatic carbocycles. The van der Waals surface area contributed by atoms with Crippen molar-refractivity contribution in [3.63, 3.8) is 0 Å². The third kappa shape index (κ3) is 5.18. The minimum atomic E-state index is -0.542. The maximum atomic E-state index is 12.3. The molecule has 0 heterocycles. The molecule has 30 heavy (non-hydrogen) atoms. The molecule has 0 saturated carbocycles. The molecule has 0 unspecified atom stereocenters. The van der Waals surface area contributed by atoms with Crippen molar-refractivity contribution in [2.75, 3.05) is 0 Å². The Morgan fingerprint density at radius 1 is 0.900 bits per heavy atom. The van der Waals surface area contributed by atoms with E-state index in [-0.39, 0.29) is 22.7 Å². The van der Waals surface area contributed by atoms with Crippen LogP contribution in [0.4, 0.5) is 11.4 Å². The number of ketones is 1. The van der Waals surface area contributed by atoms with Gasteiger partial charge < -0.3 is 0 Å². The standard InChI is InChI=1S/C22H16N2O5S/c1-15-2-10-19(11-3-15)30-22-13-5-16(14-20(22)24(28)29)4-12-21(25)17-6-8-18(9-7-17)23(26)27/h2-14H,1H3/b12-4+. The predicted molar refractivity (Wildman–Crippen MR) is 115 cm³/mol. The quantitative estimate of drug-likeness (QED) is 0.205. The Balaban J connectivity index is 1.79.